The van der Waals surface area contributed by atoms with Gasteiger partial charge in [-0.1, -0.05) is 18.5 Å². The number of nitrogens with one attached hydrogen (secondary N) is 1. The van der Waals surface area contributed by atoms with Crippen molar-refractivity contribution in [3.63, 3.8) is 0 Å². The van der Waals surface area contributed by atoms with Crippen molar-refractivity contribution in [2.45, 2.75) is 19.8 Å². The first-order valence-electron chi connectivity index (χ1n) is 5.51. The maximum atomic E-state index is 11.6. The third kappa shape index (κ3) is 4.67. The van der Waals surface area contributed by atoms with Gasteiger partial charge in [0.25, 0.3) is 5.91 Å². The molecule has 18 heavy (non-hydrogen) atoms. The molecule has 1 aromatic heterocycles. The highest BCUT2D eigenvalue weighted by Gasteiger charge is 2.11. The molecule has 0 aromatic carbocycles. The van der Waals surface area contributed by atoms with Gasteiger partial charge >= 0.3 is 5.97 Å². The van der Waals surface area contributed by atoms with Crippen LogP contribution in [0.4, 0.5) is 0 Å². The van der Waals surface area contributed by atoms with Crippen LogP contribution in [0.2, 0.25) is 5.15 Å². The van der Waals surface area contributed by atoms with Gasteiger partial charge in [-0.3, -0.25) is 9.59 Å². The minimum absolute atomic E-state index is 0.186. The molecule has 1 atom stereocenters. The maximum absolute atomic E-state index is 11.6. The van der Waals surface area contributed by atoms with E-state index in [1.807, 2.05) is 0 Å². The van der Waals surface area contributed by atoms with E-state index < -0.39 is 11.9 Å². The summed E-state index contributed by atoms with van der Waals surface area (Å²) in [6.45, 7) is 2.04. The van der Waals surface area contributed by atoms with Crippen molar-refractivity contribution in [3.05, 3.63) is 23.0 Å². The van der Waals surface area contributed by atoms with Crippen LogP contribution in [0, 0.1) is 5.92 Å². The summed E-state index contributed by atoms with van der Waals surface area (Å²) >= 11 is 5.55. The van der Waals surface area contributed by atoms with Gasteiger partial charge < -0.3 is 10.4 Å². The number of rotatable bonds is 6. The number of aliphatic carboxylic acids is 1. The highest BCUT2D eigenvalue weighted by Crippen LogP contribution is 2.05. The Bertz CT molecular complexity index is 422. The molecule has 0 fully saturated rings. The van der Waals surface area contributed by atoms with Crippen molar-refractivity contribution >= 4 is 23.5 Å². The molecule has 7 heteroatoms. The van der Waals surface area contributed by atoms with Crippen LogP contribution in [-0.2, 0) is 4.79 Å². The van der Waals surface area contributed by atoms with E-state index in [4.69, 9.17) is 16.7 Å². The SMILES string of the molecule is CC(CCCNC(=O)c1ccc(Cl)nn1)C(=O)O. The largest absolute Gasteiger partial charge is 0.481 e. The molecule has 98 valence electrons. The Morgan fingerprint density at radius 3 is 2.72 bits per heavy atom. The summed E-state index contributed by atoms with van der Waals surface area (Å²) < 4.78 is 0. The molecule has 0 saturated heterocycles. The minimum atomic E-state index is -0.829. The fraction of sp³-hybridized carbons (Fsp3) is 0.455. The van der Waals surface area contributed by atoms with E-state index in [0.29, 0.717) is 19.4 Å². The lowest BCUT2D eigenvalue weighted by molar-refractivity contribution is -0.141. The van der Waals surface area contributed by atoms with Gasteiger partial charge in [0, 0.05) is 6.54 Å². The molecule has 1 heterocycles. The molecule has 6 nitrogen and oxygen atoms in total. The smallest absolute Gasteiger partial charge is 0.306 e. The highest BCUT2D eigenvalue weighted by atomic mass is 35.5. The van der Waals surface area contributed by atoms with Crippen molar-refractivity contribution in [2.75, 3.05) is 6.54 Å². The summed E-state index contributed by atoms with van der Waals surface area (Å²) in [7, 11) is 0. The van der Waals surface area contributed by atoms with Gasteiger partial charge in [0.05, 0.1) is 5.92 Å². The van der Waals surface area contributed by atoms with Gasteiger partial charge in [0.1, 0.15) is 0 Å². The van der Waals surface area contributed by atoms with Crippen molar-refractivity contribution in [2.24, 2.45) is 5.92 Å². The standard InChI is InChI=1S/C11H14ClN3O3/c1-7(11(17)18)3-2-6-13-10(16)8-4-5-9(12)15-14-8/h4-5,7H,2-3,6H2,1H3,(H,13,16)(H,17,18). The zero-order chi connectivity index (χ0) is 13.5. The van der Waals surface area contributed by atoms with E-state index in [9.17, 15) is 9.59 Å². The summed E-state index contributed by atoms with van der Waals surface area (Å²) in [5.74, 6) is -1.58. The summed E-state index contributed by atoms with van der Waals surface area (Å²) in [5.41, 5.74) is 0.186. The Hall–Kier alpha value is -1.69. The first kappa shape index (κ1) is 14.4. The minimum Gasteiger partial charge on any atom is -0.481 e. The van der Waals surface area contributed by atoms with Gasteiger partial charge in [-0.15, -0.1) is 10.2 Å². The molecule has 1 unspecified atom stereocenters. The van der Waals surface area contributed by atoms with Crippen LogP contribution in [0.25, 0.3) is 0 Å². The summed E-state index contributed by atoms with van der Waals surface area (Å²) in [4.78, 5) is 22.1. The van der Waals surface area contributed by atoms with Gasteiger partial charge in [-0.2, -0.15) is 0 Å². The molecule has 1 amide bonds. The maximum Gasteiger partial charge on any atom is 0.306 e. The van der Waals surface area contributed by atoms with Crippen LogP contribution >= 0.6 is 11.6 Å². The zero-order valence-electron chi connectivity index (χ0n) is 9.89. The Morgan fingerprint density at radius 1 is 1.44 bits per heavy atom. The summed E-state index contributed by atoms with van der Waals surface area (Å²) in [6, 6.07) is 2.96. The molecule has 2 N–H and O–H groups in total. The lowest BCUT2D eigenvalue weighted by Crippen LogP contribution is -2.26. The van der Waals surface area contributed by atoms with E-state index >= 15 is 0 Å². The van der Waals surface area contributed by atoms with Crippen molar-refractivity contribution in [3.8, 4) is 0 Å². The fourth-order valence-corrected chi connectivity index (χ4v) is 1.36. The third-order valence-electron chi connectivity index (χ3n) is 2.39. The predicted molar refractivity (Wildman–Crippen MR) is 65.4 cm³/mol. The molecule has 0 aliphatic heterocycles. The number of halogens is 1. The van der Waals surface area contributed by atoms with Crippen molar-refractivity contribution < 1.29 is 14.7 Å². The molecule has 0 spiro atoms. The molecular weight excluding hydrogens is 258 g/mol. The van der Waals surface area contributed by atoms with Gasteiger partial charge in [-0.05, 0) is 25.0 Å². The van der Waals surface area contributed by atoms with Crippen LogP contribution in [0.5, 0.6) is 0 Å². The summed E-state index contributed by atoms with van der Waals surface area (Å²) in [5, 5.41) is 18.7. The van der Waals surface area contributed by atoms with Crippen molar-refractivity contribution in [1.82, 2.24) is 15.5 Å². The number of hydrogen-bond acceptors (Lipinski definition) is 4. The molecule has 0 aliphatic carbocycles. The number of carbonyl (C=O) groups excluding carboxylic acids is 1. The monoisotopic (exact) mass is 271 g/mol. The highest BCUT2D eigenvalue weighted by molar-refractivity contribution is 6.29. The molecule has 0 saturated carbocycles. The topological polar surface area (TPSA) is 92.2 Å². The Morgan fingerprint density at radius 2 is 2.17 bits per heavy atom. The van der Waals surface area contributed by atoms with E-state index in [1.54, 1.807) is 6.92 Å². The second-order valence-corrected chi connectivity index (χ2v) is 4.27. The predicted octanol–water partition coefficient (Wildman–Crippen LogP) is 1.36. The lowest BCUT2D eigenvalue weighted by atomic mass is 10.1. The number of nitrogens with zero attached hydrogens (tertiary/aromatic N) is 2. The number of carboxylic acid groups (broad SMARTS) is 1. The van der Waals surface area contributed by atoms with Crippen molar-refractivity contribution in [1.29, 1.82) is 0 Å². The number of carboxylic acids is 1. The zero-order valence-corrected chi connectivity index (χ0v) is 10.6. The normalized spacial score (nSPS) is 11.9. The molecule has 0 bridgehead atoms. The lowest BCUT2D eigenvalue weighted by Gasteiger charge is -2.06. The average Bonchev–Trinajstić information content (AvgIpc) is 2.34. The van der Waals surface area contributed by atoms with Crippen LogP contribution in [0.3, 0.4) is 0 Å². The second kappa shape index (κ2) is 6.90. The van der Waals surface area contributed by atoms with E-state index in [1.165, 1.54) is 12.1 Å². The summed E-state index contributed by atoms with van der Waals surface area (Å²) in [6.07, 6.45) is 1.11. The second-order valence-electron chi connectivity index (χ2n) is 3.88. The van der Waals surface area contributed by atoms with E-state index in [0.717, 1.165) is 0 Å². The first-order chi connectivity index (χ1) is 8.50. The molecule has 0 aliphatic rings. The van der Waals surface area contributed by atoms with E-state index in [2.05, 4.69) is 15.5 Å². The quantitative estimate of drug-likeness (QED) is 0.762. The Kier molecular flexibility index (Phi) is 5.51. The molecule has 1 aromatic rings. The van der Waals surface area contributed by atoms with Gasteiger partial charge in [-0.25, -0.2) is 0 Å². The number of amides is 1. The van der Waals surface area contributed by atoms with Crippen LogP contribution < -0.4 is 5.32 Å². The Balaban J connectivity index is 2.29. The number of carbonyl (C=O) groups is 2. The third-order valence-corrected chi connectivity index (χ3v) is 2.59. The molecule has 1 rings (SSSR count). The molecule has 0 radical (unpaired) electrons. The molecular formula is C11H14ClN3O3. The number of hydrogen-bond donors (Lipinski definition) is 2. The Labute approximate surface area is 109 Å². The van der Waals surface area contributed by atoms with Gasteiger partial charge in [0.2, 0.25) is 0 Å². The van der Waals surface area contributed by atoms with E-state index in [-0.39, 0.29) is 16.8 Å². The van der Waals surface area contributed by atoms with Gasteiger partial charge in [0.15, 0.2) is 10.8 Å². The number of aromatic nitrogens is 2. The van der Waals surface area contributed by atoms with Crippen LogP contribution in [-0.4, -0.2) is 33.7 Å². The first-order valence-corrected chi connectivity index (χ1v) is 5.88. The van der Waals surface area contributed by atoms with Crippen LogP contribution in [0.15, 0.2) is 12.1 Å². The fourth-order valence-electron chi connectivity index (χ4n) is 1.26. The average molecular weight is 272 g/mol. The van der Waals surface area contributed by atoms with Crippen LogP contribution in [0.1, 0.15) is 30.3 Å².